The van der Waals surface area contributed by atoms with Crippen molar-refractivity contribution in [3.63, 3.8) is 0 Å². The van der Waals surface area contributed by atoms with E-state index in [2.05, 4.69) is 16.0 Å². The van der Waals surface area contributed by atoms with Gasteiger partial charge in [0.15, 0.2) is 0 Å². The molecule has 3 saturated heterocycles. The number of rotatable bonds is 9. The number of fused-ring (bicyclic) bond motifs is 2. The van der Waals surface area contributed by atoms with E-state index < -0.39 is 39.8 Å². The number of carbonyl (C=O) groups is 2. The Balaban J connectivity index is 1.42. The Labute approximate surface area is 275 Å². The Kier molecular flexibility index (Phi) is 11.3. The lowest BCUT2D eigenvalue weighted by Crippen LogP contribution is -2.57. The number of benzene rings is 2. The van der Waals surface area contributed by atoms with Gasteiger partial charge in [0.05, 0.1) is 25.1 Å². The van der Waals surface area contributed by atoms with Crippen LogP contribution in [0.25, 0.3) is 0 Å². The maximum absolute atomic E-state index is 15.4. The van der Waals surface area contributed by atoms with E-state index in [-0.39, 0.29) is 53.6 Å². The molecule has 2 aromatic rings. The molecule has 8 atom stereocenters. The number of ether oxygens (including phenoxy) is 2. The van der Waals surface area contributed by atoms with Gasteiger partial charge in [-0.05, 0) is 88.1 Å². The van der Waals surface area contributed by atoms with Crippen LogP contribution in [0, 0.1) is 11.7 Å². The number of halogens is 2. The maximum Gasteiger partial charge on any atom is 0.407 e. The SMILES string of the molecule is COC(=O)N[C@H](C(=O)Nc1cccc(F)c1CC[C@H]1CN[C@@H]2CCCS(=O)(=O)N1C2)[C@@H](c1ccc(Cl)cc1)[C@H]1C[C@@H](C)O[C@@H](C)C1. The zero-order chi connectivity index (χ0) is 33.0. The van der Waals surface area contributed by atoms with Crippen LogP contribution >= 0.6 is 11.6 Å². The van der Waals surface area contributed by atoms with Crippen LogP contribution in [0.2, 0.25) is 5.02 Å². The predicted molar refractivity (Wildman–Crippen MR) is 175 cm³/mol. The average molecular weight is 679 g/mol. The standard InChI is InChI=1S/C33H44ClFN4O6S/c1-20-16-23(17-21(2)45-20)30(22-9-11-24(34)12-10-22)31(38-33(41)44-3)32(40)37-29-8-4-7-28(35)27(29)14-13-26-18-36-25-6-5-15-46(42,43)39(26)19-25/h4,7-12,20-21,23,25-26,30-31,36H,5-6,13-19H2,1-3H3,(H,37,40)(H,38,41)/t20-,21+,23+,25-,26+,30+,31+/m1/s1. The molecule has 3 aliphatic heterocycles. The topological polar surface area (TPSA) is 126 Å². The van der Waals surface area contributed by atoms with Crippen LogP contribution in [-0.2, 0) is 30.7 Å². The number of anilines is 1. The third kappa shape index (κ3) is 8.20. The summed E-state index contributed by atoms with van der Waals surface area (Å²) in [6.07, 6.45) is 2.42. The van der Waals surface area contributed by atoms with Crippen molar-refractivity contribution in [2.24, 2.45) is 5.92 Å². The molecule has 3 N–H and O–H groups in total. The van der Waals surface area contributed by atoms with Gasteiger partial charge in [-0.25, -0.2) is 17.6 Å². The van der Waals surface area contributed by atoms with Crippen molar-refractivity contribution in [1.82, 2.24) is 14.9 Å². The molecular formula is C33H44ClFN4O6S. The molecule has 0 aromatic heterocycles. The van der Waals surface area contributed by atoms with Gasteiger partial charge in [0, 0.05) is 47.4 Å². The molecule has 3 heterocycles. The predicted octanol–water partition coefficient (Wildman–Crippen LogP) is 4.83. The third-order valence-electron chi connectivity index (χ3n) is 9.46. The number of nitrogens with zero attached hydrogens (tertiary/aromatic N) is 1. The number of hydrogen-bond donors (Lipinski definition) is 3. The van der Waals surface area contributed by atoms with Crippen molar-refractivity contribution in [3.05, 3.63) is 64.4 Å². The minimum atomic E-state index is -3.41. The molecule has 2 aromatic carbocycles. The van der Waals surface area contributed by atoms with Gasteiger partial charge >= 0.3 is 6.09 Å². The molecule has 0 radical (unpaired) electrons. The fraction of sp³-hybridized carbons (Fsp3) is 0.576. The molecule has 0 aliphatic carbocycles. The van der Waals surface area contributed by atoms with E-state index in [1.165, 1.54) is 19.2 Å². The van der Waals surface area contributed by atoms with E-state index >= 15 is 4.39 Å². The second-order valence-corrected chi connectivity index (χ2v) is 15.2. The summed E-state index contributed by atoms with van der Waals surface area (Å²) < 4.78 is 53.9. The average Bonchev–Trinajstić information content (AvgIpc) is 3.12. The Morgan fingerprint density at radius 3 is 2.57 bits per heavy atom. The first-order chi connectivity index (χ1) is 21.9. The number of nitrogens with one attached hydrogen (secondary N) is 3. The summed E-state index contributed by atoms with van der Waals surface area (Å²) in [5.41, 5.74) is 1.36. The Hall–Kier alpha value is -2.77. The summed E-state index contributed by atoms with van der Waals surface area (Å²) in [5, 5.41) is 9.65. The number of alkyl carbamates (subject to hydrolysis) is 1. The fourth-order valence-corrected chi connectivity index (χ4v) is 9.31. The van der Waals surface area contributed by atoms with E-state index in [0.29, 0.717) is 43.8 Å². The van der Waals surface area contributed by atoms with Crippen molar-refractivity contribution in [3.8, 4) is 0 Å². The first-order valence-electron chi connectivity index (χ1n) is 16.0. The minimum Gasteiger partial charge on any atom is -0.453 e. The number of methoxy groups -OCH3 is 1. The Morgan fingerprint density at radius 1 is 1.15 bits per heavy atom. The van der Waals surface area contributed by atoms with Gasteiger partial charge < -0.3 is 25.4 Å². The summed E-state index contributed by atoms with van der Waals surface area (Å²) in [5.74, 6) is -1.44. The molecule has 13 heteroatoms. The van der Waals surface area contributed by atoms with Crippen molar-refractivity contribution in [2.75, 3.05) is 31.3 Å². The van der Waals surface area contributed by atoms with Gasteiger partial charge in [-0.1, -0.05) is 29.8 Å². The number of amides is 2. The molecule has 0 spiro atoms. The van der Waals surface area contributed by atoms with E-state index in [9.17, 15) is 18.0 Å². The van der Waals surface area contributed by atoms with Crippen molar-refractivity contribution in [2.45, 2.75) is 88.6 Å². The number of hydrogen-bond acceptors (Lipinski definition) is 7. The van der Waals surface area contributed by atoms with Gasteiger partial charge in [-0.15, -0.1) is 0 Å². The quantitative estimate of drug-likeness (QED) is 0.347. The molecule has 1 unspecified atom stereocenters. The highest BCUT2D eigenvalue weighted by atomic mass is 35.5. The van der Waals surface area contributed by atoms with Crippen molar-refractivity contribution in [1.29, 1.82) is 0 Å². The molecule has 10 nitrogen and oxygen atoms in total. The van der Waals surface area contributed by atoms with E-state index in [1.54, 1.807) is 22.5 Å². The maximum atomic E-state index is 15.4. The second kappa shape index (κ2) is 15.0. The highest BCUT2D eigenvalue weighted by Crippen LogP contribution is 2.40. The smallest absolute Gasteiger partial charge is 0.407 e. The van der Waals surface area contributed by atoms with Crippen LogP contribution in [0.15, 0.2) is 42.5 Å². The van der Waals surface area contributed by atoms with Gasteiger partial charge in [-0.3, -0.25) is 4.79 Å². The molecular weight excluding hydrogens is 635 g/mol. The molecule has 3 aliphatic rings. The fourth-order valence-electron chi connectivity index (χ4n) is 7.37. The lowest BCUT2D eigenvalue weighted by molar-refractivity contribution is -0.120. The molecule has 3 fully saturated rings. The summed E-state index contributed by atoms with van der Waals surface area (Å²) in [6, 6.07) is 10.4. The zero-order valence-corrected chi connectivity index (χ0v) is 28.1. The number of carbonyl (C=O) groups excluding carboxylic acids is 2. The third-order valence-corrected chi connectivity index (χ3v) is 11.7. The summed E-state index contributed by atoms with van der Waals surface area (Å²) in [4.78, 5) is 26.9. The lowest BCUT2D eigenvalue weighted by Gasteiger charge is -2.40. The number of piperazine rings is 1. The Morgan fingerprint density at radius 2 is 1.87 bits per heavy atom. The van der Waals surface area contributed by atoms with Crippen LogP contribution in [0.1, 0.15) is 63.0 Å². The van der Waals surface area contributed by atoms with E-state index in [0.717, 1.165) is 12.0 Å². The van der Waals surface area contributed by atoms with Crippen LogP contribution < -0.4 is 16.0 Å². The summed E-state index contributed by atoms with van der Waals surface area (Å²) in [6.45, 7) is 4.87. The zero-order valence-electron chi connectivity index (χ0n) is 26.5. The first-order valence-corrected chi connectivity index (χ1v) is 18.0. The van der Waals surface area contributed by atoms with Crippen LogP contribution in [0.5, 0.6) is 0 Å². The molecule has 46 heavy (non-hydrogen) atoms. The Bertz CT molecular complexity index is 1490. The molecule has 0 saturated carbocycles. The van der Waals surface area contributed by atoms with Crippen LogP contribution in [-0.4, -0.2) is 81.0 Å². The highest BCUT2D eigenvalue weighted by molar-refractivity contribution is 7.89. The molecule has 2 bridgehead atoms. The minimum absolute atomic E-state index is 0.0435. The molecule has 2 amide bonds. The normalized spacial score (nSPS) is 28.7. The molecule has 5 rings (SSSR count). The van der Waals surface area contributed by atoms with Crippen LogP contribution in [0.4, 0.5) is 14.9 Å². The molecule has 252 valence electrons. The monoisotopic (exact) mass is 678 g/mol. The van der Waals surface area contributed by atoms with Gasteiger partial charge in [0.1, 0.15) is 11.9 Å². The van der Waals surface area contributed by atoms with Crippen molar-refractivity contribution >= 4 is 39.3 Å². The van der Waals surface area contributed by atoms with Gasteiger partial charge in [0.2, 0.25) is 15.9 Å². The first kappa shape index (κ1) is 34.6. The van der Waals surface area contributed by atoms with Gasteiger partial charge in [-0.2, -0.15) is 4.31 Å². The largest absolute Gasteiger partial charge is 0.453 e. The second-order valence-electron chi connectivity index (χ2n) is 12.8. The number of sulfonamides is 1. The van der Waals surface area contributed by atoms with E-state index in [4.69, 9.17) is 21.1 Å². The summed E-state index contributed by atoms with van der Waals surface area (Å²) >= 11 is 6.21. The summed E-state index contributed by atoms with van der Waals surface area (Å²) in [7, 11) is -2.17. The lowest BCUT2D eigenvalue weighted by atomic mass is 9.74. The van der Waals surface area contributed by atoms with Crippen LogP contribution in [0.3, 0.4) is 0 Å². The highest BCUT2D eigenvalue weighted by Gasteiger charge is 2.41. The van der Waals surface area contributed by atoms with E-state index in [1.807, 2.05) is 26.0 Å². The van der Waals surface area contributed by atoms with Gasteiger partial charge in [0.25, 0.3) is 0 Å². The van der Waals surface area contributed by atoms with Crippen molar-refractivity contribution < 1.29 is 31.9 Å².